The van der Waals surface area contributed by atoms with E-state index in [-0.39, 0.29) is 17.7 Å². The summed E-state index contributed by atoms with van der Waals surface area (Å²) in [7, 11) is 0. The van der Waals surface area contributed by atoms with Crippen molar-refractivity contribution >= 4 is 29.3 Å². The summed E-state index contributed by atoms with van der Waals surface area (Å²) in [4.78, 5) is 25.7. The second kappa shape index (κ2) is 11.0. The number of nitrogens with zero attached hydrogens (tertiary/aromatic N) is 2. The number of aromatic nitrogens is 1. The molecule has 2 amide bonds. The number of ether oxygens (including phenoxy) is 1. The maximum absolute atomic E-state index is 14.9. The van der Waals surface area contributed by atoms with Crippen LogP contribution in [0.3, 0.4) is 0 Å². The molecule has 3 rings (SSSR count). The Labute approximate surface area is 192 Å². The fourth-order valence-corrected chi connectivity index (χ4v) is 4.05. The van der Waals surface area contributed by atoms with Crippen LogP contribution >= 0.6 is 0 Å². The number of carbonyl (C=O) groups excluding carboxylic acids is 1. The molecule has 0 saturated heterocycles. The lowest BCUT2D eigenvalue weighted by atomic mass is 9.93. The molecule has 0 radical (unpaired) electrons. The first-order valence-electron chi connectivity index (χ1n) is 11.2. The van der Waals surface area contributed by atoms with Crippen LogP contribution in [0, 0.1) is 18.7 Å². The van der Waals surface area contributed by atoms with Crippen molar-refractivity contribution in [2.24, 2.45) is 5.92 Å². The molecule has 0 unspecified atom stereocenters. The first-order chi connectivity index (χ1) is 15.7. The molecule has 1 aliphatic carbocycles. The summed E-state index contributed by atoms with van der Waals surface area (Å²) < 4.78 is 25.1. The molecule has 0 spiro atoms. The number of hydrogen-bond acceptors (Lipinski definition) is 6. The molecule has 0 atom stereocenters. The van der Waals surface area contributed by atoms with Crippen LogP contribution < -0.4 is 20.3 Å². The Morgan fingerprint density at radius 1 is 1.24 bits per heavy atom. The first kappa shape index (κ1) is 24.3. The van der Waals surface area contributed by atoms with Crippen LogP contribution in [0.1, 0.15) is 51.6 Å². The van der Waals surface area contributed by atoms with Crippen molar-refractivity contribution in [2.45, 2.75) is 58.9 Å². The van der Waals surface area contributed by atoms with E-state index in [4.69, 9.17) is 14.4 Å². The molecule has 1 heterocycles. The third-order valence-corrected chi connectivity index (χ3v) is 5.40. The van der Waals surface area contributed by atoms with E-state index in [0.717, 1.165) is 25.7 Å². The van der Waals surface area contributed by atoms with Crippen molar-refractivity contribution in [2.75, 3.05) is 28.7 Å². The Hall–Kier alpha value is -3.30. The lowest BCUT2D eigenvalue weighted by molar-refractivity contribution is -0.139. The number of hydrogen-bond donors (Lipinski definition) is 3. The summed E-state index contributed by atoms with van der Waals surface area (Å²) in [5.41, 5.74) is 1.45. The zero-order valence-electron chi connectivity index (χ0n) is 19.2. The first-order valence-corrected chi connectivity index (χ1v) is 11.2. The number of carboxylic acid groups (broad SMARTS) is 1. The van der Waals surface area contributed by atoms with Gasteiger partial charge in [-0.05, 0) is 25.7 Å². The predicted molar refractivity (Wildman–Crippen MR) is 122 cm³/mol. The Morgan fingerprint density at radius 3 is 2.58 bits per heavy atom. The van der Waals surface area contributed by atoms with Crippen LogP contribution in [-0.2, 0) is 4.79 Å². The normalized spacial score (nSPS) is 14.2. The van der Waals surface area contributed by atoms with E-state index in [2.05, 4.69) is 34.5 Å². The molecule has 1 saturated carbocycles. The van der Waals surface area contributed by atoms with Gasteiger partial charge in [0.1, 0.15) is 0 Å². The molecule has 1 fully saturated rings. The topological polar surface area (TPSA) is 117 Å². The molecule has 3 N–H and O–H groups in total. The number of carbonyl (C=O) groups is 2. The van der Waals surface area contributed by atoms with E-state index in [1.807, 2.05) is 0 Å². The van der Waals surface area contributed by atoms with Gasteiger partial charge < -0.3 is 24.6 Å². The Balaban J connectivity index is 1.95. The summed E-state index contributed by atoms with van der Waals surface area (Å²) in [5, 5.41) is 17.9. The van der Waals surface area contributed by atoms with Gasteiger partial charge in [0.15, 0.2) is 18.2 Å². The molecule has 1 aliphatic rings. The second-order valence-corrected chi connectivity index (χ2v) is 8.73. The number of urea groups is 1. The summed E-state index contributed by atoms with van der Waals surface area (Å²) in [6, 6.07) is 3.82. The van der Waals surface area contributed by atoms with Crippen LogP contribution in [0.2, 0.25) is 0 Å². The molecular formula is C23H31FN4O5. The van der Waals surface area contributed by atoms with Crippen LogP contribution in [0.15, 0.2) is 22.7 Å². The quantitative estimate of drug-likeness (QED) is 0.479. The van der Waals surface area contributed by atoms with Crippen molar-refractivity contribution in [1.82, 2.24) is 5.16 Å². The molecule has 9 nitrogen and oxygen atoms in total. The standard InChI is InChI=1S/C23H31FN4O5/c1-14(2)12-28(16-7-5-4-6-8-16)19-10-17(24)20(32-13-22(29)30)11-18(19)25-23(31)26-21-9-15(3)27-33-21/h9-11,14,16H,4-8,12-13H2,1-3H3,(H,29,30)(H2,25,26,31). The SMILES string of the molecule is Cc1cc(NC(=O)Nc2cc(OCC(=O)O)c(F)cc2N(CC(C)C)C2CCCCC2)on1. The Kier molecular flexibility index (Phi) is 8.13. The maximum atomic E-state index is 14.9. The minimum atomic E-state index is -1.23. The van der Waals surface area contributed by atoms with Crippen molar-refractivity contribution < 1.29 is 28.3 Å². The van der Waals surface area contributed by atoms with Crippen LogP contribution in [-0.4, -0.2) is 41.5 Å². The molecule has 33 heavy (non-hydrogen) atoms. The average molecular weight is 463 g/mol. The highest BCUT2D eigenvalue weighted by atomic mass is 19.1. The number of benzene rings is 1. The smallest absolute Gasteiger partial charge is 0.341 e. The zero-order valence-corrected chi connectivity index (χ0v) is 19.2. The van der Waals surface area contributed by atoms with Crippen molar-refractivity contribution in [1.29, 1.82) is 0 Å². The van der Waals surface area contributed by atoms with Gasteiger partial charge in [-0.2, -0.15) is 0 Å². The molecule has 2 aromatic rings. The summed E-state index contributed by atoms with van der Waals surface area (Å²) in [5.74, 6) is -1.69. The third kappa shape index (κ3) is 6.84. The van der Waals surface area contributed by atoms with Gasteiger partial charge in [-0.15, -0.1) is 0 Å². The van der Waals surface area contributed by atoms with Gasteiger partial charge in [0.2, 0.25) is 5.88 Å². The van der Waals surface area contributed by atoms with Gasteiger partial charge >= 0.3 is 12.0 Å². The van der Waals surface area contributed by atoms with Gasteiger partial charge in [-0.3, -0.25) is 5.32 Å². The molecular weight excluding hydrogens is 431 g/mol. The summed E-state index contributed by atoms with van der Waals surface area (Å²) in [6.45, 7) is 5.88. The fraction of sp³-hybridized carbons (Fsp3) is 0.522. The highest BCUT2D eigenvalue weighted by Gasteiger charge is 2.26. The number of carboxylic acids is 1. The number of aryl methyl sites for hydroxylation is 1. The third-order valence-electron chi connectivity index (χ3n) is 5.40. The number of amides is 2. The van der Waals surface area contributed by atoms with Crippen LogP contribution in [0.4, 0.5) is 26.4 Å². The monoisotopic (exact) mass is 462 g/mol. The number of rotatable bonds is 9. The van der Waals surface area contributed by atoms with E-state index < -0.39 is 24.4 Å². The predicted octanol–water partition coefficient (Wildman–Crippen LogP) is 5.02. The number of halogens is 1. The van der Waals surface area contributed by atoms with Gasteiger partial charge in [0, 0.05) is 30.8 Å². The van der Waals surface area contributed by atoms with Gasteiger partial charge in [0.25, 0.3) is 0 Å². The van der Waals surface area contributed by atoms with Crippen LogP contribution in [0.25, 0.3) is 0 Å². The fourth-order valence-electron chi connectivity index (χ4n) is 4.05. The van der Waals surface area contributed by atoms with Gasteiger partial charge in [0.05, 0.1) is 17.1 Å². The second-order valence-electron chi connectivity index (χ2n) is 8.73. The maximum Gasteiger partial charge on any atom is 0.341 e. The Morgan fingerprint density at radius 2 is 1.97 bits per heavy atom. The average Bonchev–Trinajstić information content (AvgIpc) is 3.16. The molecule has 1 aromatic carbocycles. The van der Waals surface area contributed by atoms with Crippen molar-refractivity contribution in [3.8, 4) is 5.75 Å². The molecule has 180 valence electrons. The van der Waals surface area contributed by atoms with Crippen LogP contribution in [0.5, 0.6) is 5.75 Å². The minimum Gasteiger partial charge on any atom is -0.479 e. The minimum absolute atomic E-state index is 0.169. The number of anilines is 3. The zero-order chi connectivity index (χ0) is 24.0. The van der Waals surface area contributed by atoms with Crippen molar-refractivity contribution in [3.05, 3.63) is 29.7 Å². The molecule has 1 aromatic heterocycles. The van der Waals surface area contributed by atoms with E-state index in [1.165, 1.54) is 18.6 Å². The molecule has 0 aliphatic heterocycles. The van der Waals surface area contributed by atoms with E-state index >= 15 is 0 Å². The highest BCUT2D eigenvalue weighted by molar-refractivity contribution is 6.01. The molecule has 10 heteroatoms. The van der Waals surface area contributed by atoms with E-state index in [9.17, 15) is 14.0 Å². The largest absolute Gasteiger partial charge is 0.479 e. The summed E-state index contributed by atoms with van der Waals surface area (Å²) in [6.07, 6.45) is 5.32. The Bertz CT molecular complexity index is 972. The summed E-state index contributed by atoms with van der Waals surface area (Å²) >= 11 is 0. The lowest BCUT2D eigenvalue weighted by Crippen LogP contribution is -2.40. The highest BCUT2D eigenvalue weighted by Crippen LogP contribution is 2.37. The van der Waals surface area contributed by atoms with Gasteiger partial charge in [-0.25, -0.2) is 14.0 Å². The molecule has 0 bridgehead atoms. The lowest BCUT2D eigenvalue weighted by Gasteiger charge is -2.38. The number of aliphatic carboxylic acids is 1. The van der Waals surface area contributed by atoms with E-state index in [0.29, 0.717) is 29.5 Å². The van der Waals surface area contributed by atoms with Gasteiger partial charge in [-0.1, -0.05) is 38.3 Å². The number of nitrogens with one attached hydrogen (secondary N) is 2. The van der Waals surface area contributed by atoms with E-state index in [1.54, 1.807) is 13.0 Å². The van der Waals surface area contributed by atoms with Crippen molar-refractivity contribution in [3.63, 3.8) is 0 Å².